The molecule has 3 aromatic carbocycles. The number of fused-ring (bicyclic) bond motifs is 1. The first-order chi connectivity index (χ1) is 12.8. The number of carbonyl (C=O) groups is 1. The van der Waals surface area contributed by atoms with Gasteiger partial charge in [0.05, 0.1) is 6.33 Å². The highest BCUT2D eigenvalue weighted by atomic mass is 16.1. The fraction of sp³-hybridized carbons (Fsp3) is 0.0909. The van der Waals surface area contributed by atoms with Crippen LogP contribution in [0.5, 0.6) is 0 Å². The Labute approximate surface area is 152 Å². The number of nitrogens with zero attached hydrogens (tertiary/aromatic N) is 2. The van der Waals surface area contributed by atoms with Crippen LogP contribution in [0.4, 0.5) is 0 Å². The van der Waals surface area contributed by atoms with E-state index in [9.17, 15) is 4.79 Å². The molecule has 0 fully saturated rings. The van der Waals surface area contributed by atoms with Crippen LogP contribution in [0, 0.1) is 0 Å². The molecule has 128 valence electrons. The fourth-order valence-corrected chi connectivity index (χ4v) is 2.97. The average molecular weight is 341 g/mol. The molecule has 1 amide bonds. The van der Waals surface area contributed by atoms with Crippen molar-refractivity contribution in [2.75, 3.05) is 0 Å². The van der Waals surface area contributed by atoms with Crippen molar-refractivity contribution in [1.82, 2.24) is 14.9 Å². The Morgan fingerprint density at radius 3 is 2.46 bits per heavy atom. The Morgan fingerprint density at radius 2 is 1.69 bits per heavy atom. The maximum atomic E-state index is 12.4. The fourth-order valence-electron chi connectivity index (χ4n) is 2.97. The van der Waals surface area contributed by atoms with Crippen LogP contribution in [0.2, 0.25) is 0 Å². The van der Waals surface area contributed by atoms with Crippen molar-refractivity contribution in [3.63, 3.8) is 0 Å². The van der Waals surface area contributed by atoms with E-state index in [0.29, 0.717) is 12.1 Å². The van der Waals surface area contributed by atoms with Gasteiger partial charge in [0.15, 0.2) is 0 Å². The molecule has 0 spiro atoms. The van der Waals surface area contributed by atoms with Crippen LogP contribution in [0.15, 0.2) is 85.5 Å². The van der Waals surface area contributed by atoms with Gasteiger partial charge in [-0.05, 0) is 34.0 Å². The number of rotatable bonds is 5. The topological polar surface area (TPSA) is 46.9 Å². The van der Waals surface area contributed by atoms with Gasteiger partial charge in [0.25, 0.3) is 5.91 Å². The van der Waals surface area contributed by atoms with E-state index in [-0.39, 0.29) is 5.91 Å². The van der Waals surface area contributed by atoms with Crippen LogP contribution in [0.3, 0.4) is 0 Å². The van der Waals surface area contributed by atoms with Crippen molar-refractivity contribution in [2.24, 2.45) is 0 Å². The quantitative estimate of drug-likeness (QED) is 0.596. The Hall–Kier alpha value is -3.40. The summed E-state index contributed by atoms with van der Waals surface area (Å²) in [5, 5.41) is 5.20. The summed E-state index contributed by atoms with van der Waals surface area (Å²) in [5.74, 6) is -0.0572. The van der Waals surface area contributed by atoms with Gasteiger partial charge in [0.2, 0.25) is 0 Å². The van der Waals surface area contributed by atoms with E-state index in [0.717, 1.165) is 22.9 Å². The summed E-state index contributed by atoms with van der Waals surface area (Å²) in [6.07, 6.45) is 5.52. The van der Waals surface area contributed by atoms with Crippen LogP contribution in [0.1, 0.15) is 21.5 Å². The van der Waals surface area contributed by atoms with Crippen molar-refractivity contribution < 1.29 is 4.79 Å². The number of nitrogens with one attached hydrogen (secondary N) is 1. The monoisotopic (exact) mass is 341 g/mol. The maximum absolute atomic E-state index is 12.4. The van der Waals surface area contributed by atoms with E-state index < -0.39 is 0 Å². The zero-order valence-corrected chi connectivity index (χ0v) is 14.3. The number of hydrogen-bond donors (Lipinski definition) is 1. The Kier molecular flexibility index (Phi) is 4.48. The molecule has 0 bridgehead atoms. The van der Waals surface area contributed by atoms with Gasteiger partial charge in [-0.25, -0.2) is 4.98 Å². The van der Waals surface area contributed by atoms with Gasteiger partial charge in [0, 0.05) is 31.0 Å². The highest BCUT2D eigenvalue weighted by Gasteiger charge is 2.06. The molecule has 1 aromatic heterocycles. The first-order valence-corrected chi connectivity index (χ1v) is 8.58. The van der Waals surface area contributed by atoms with Crippen LogP contribution in [-0.2, 0) is 13.1 Å². The number of amides is 1. The van der Waals surface area contributed by atoms with Gasteiger partial charge in [-0.3, -0.25) is 4.79 Å². The van der Waals surface area contributed by atoms with Crippen molar-refractivity contribution in [1.29, 1.82) is 0 Å². The maximum Gasteiger partial charge on any atom is 0.251 e. The Bertz CT molecular complexity index is 1020. The second kappa shape index (κ2) is 7.23. The minimum absolute atomic E-state index is 0.0572. The molecular weight excluding hydrogens is 322 g/mol. The van der Waals surface area contributed by atoms with Crippen LogP contribution in [0.25, 0.3) is 10.8 Å². The van der Waals surface area contributed by atoms with E-state index in [1.165, 1.54) is 5.56 Å². The summed E-state index contributed by atoms with van der Waals surface area (Å²) in [7, 11) is 0. The predicted octanol–water partition coefficient (Wildman–Crippen LogP) is 4.01. The zero-order chi connectivity index (χ0) is 17.8. The number of aromatic nitrogens is 2. The molecule has 4 heteroatoms. The van der Waals surface area contributed by atoms with Crippen LogP contribution < -0.4 is 5.32 Å². The molecule has 0 unspecified atom stereocenters. The van der Waals surface area contributed by atoms with Gasteiger partial charge in [-0.1, -0.05) is 54.6 Å². The first-order valence-electron chi connectivity index (χ1n) is 8.58. The zero-order valence-electron chi connectivity index (χ0n) is 14.3. The number of hydrogen-bond acceptors (Lipinski definition) is 2. The van der Waals surface area contributed by atoms with E-state index in [1.54, 1.807) is 12.5 Å². The molecule has 4 aromatic rings. The molecule has 4 nitrogen and oxygen atoms in total. The van der Waals surface area contributed by atoms with Gasteiger partial charge in [0.1, 0.15) is 0 Å². The van der Waals surface area contributed by atoms with Crippen LogP contribution in [-0.4, -0.2) is 15.5 Å². The third-order valence-electron chi connectivity index (χ3n) is 4.41. The van der Waals surface area contributed by atoms with E-state index in [2.05, 4.69) is 22.4 Å². The van der Waals surface area contributed by atoms with Gasteiger partial charge < -0.3 is 9.88 Å². The van der Waals surface area contributed by atoms with Crippen LogP contribution >= 0.6 is 0 Å². The number of imidazole rings is 1. The largest absolute Gasteiger partial charge is 0.348 e. The van der Waals surface area contributed by atoms with Crippen molar-refractivity contribution in [3.8, 4) is 0 Å². The minimum atomic E-state index is -0.0572. The summed E-state index contributed by atoms with van der Waals surface area (Å²) < 4.78 is 2.02. The van der Waals surface area contributed by atoms with E-state index in [1.807, 2.05) is 65.4 Å². The molecule has 0 radical (unpaired) electrons. The normalized spacial score (nSPS) is 10.8. The predicted molar refractivity (Wildman–Crippen MR) is 103 cm³/mol. The van der Waals surface area contributed by atoms with E-state index in [4.69, 9.17) is 0 Å². The molecule has 4 rings (SSSR count). The number of carbonyl (C=O) groups excluding carboxylic acids is 1. The highest BCUT2D eigenvalue weighted by Crippen LogP contribution is 2.15. The van der Waals surface area contributed by atoms with Gasteiger partial charge in [-0.15, -0.1) is 0 Å². The molecule has 1 N–H and O–H groups in total. The lowest BCUT2D eigenvalue weighted by Gasteiger charge is -2.08. The van der Waals surface area contributed by atoms with Crippen molar-refractivity contribution >= 4 is 16.7 Å². The third kappa shape index (κ3) is 3.64. The smallest absolute Gasteiger partial charge is 0.251 e. The molecule has 1 heterocycles. The summed E-state index contributed by atoms with van der Waals surface area (Å²) in [6.45, 7) is 1.31. The first kappa shape index (κ1) is 16.1. The lowest BCUT2D eigenvalue weighted by Crippen LogP contribution is -2.22. The summed E-state index contributed by atoms with van der Waals surface area (Å²) in [6, 6.07) is 22.1. The van der Waals surface area contributed by atoms with Gasteiger partial charge in [-0.2, -0.15) is 0 Å². The third-order valence-corrected chi connectivity index (χ3v) is 4.41. The summed E-state index contributed by atoms with van der Waals surface area (Å²) in [5.41, 5.74) is 2.96. The molecule has 0 aliphatic rings. The average Bonchev–Trinajstić information content (AvgIpc) is 3.20. The highest BCUT2D eigenvalue weighted by molar-refractivity contribution is 5.98. The molecule has 26 heavy (non-hydrogen) atoms. The van der Waals surface area contributed by atoms with Crippen molar-refractivity contribution in [2.45, 2.75) is 13.1 Å². The molecule has 0 aliphatic carbocycles. The minimum Gasteiger partial charge on any atom is -0.348 e. The van der Waals surface area contributed by atoms with Crippen molar-refractivity contribution in [3.05, 3.63) is 102 Å². The molecule has 0 aliphatic heterocycles. The summed E-state index contributed by atoms with van der Waals surface area (Å²) >= 11 is 0. The lowest BCUT2D eigenvalue weighted by atomic mass is 10.1. The van der Waals surface area contributed by atoms with Gasteiger partial charge >= 0.3 is 0 Å². The van der Waals surface area contributed by atoms with E-state index >= 15 is 0 Å². The molecule has 0 atom stereocenters. The Morgan fingerprint density at radius 1 is 0.923 bits per heavy atom. The molecule has 0 saturated heterocycles. The molecular formula is C22H19N3O. The second-order valence-electron chi connectivity index (χ2n) is 6.30. The lowest BCUT2D eigenvalue weighted by molar-refractivity contribution is 0.0951. The molecule has 0 saturated carbocycles. The SMILES string of the molecule is O=C(NCc1ccc(Cn2ccnc2)cc1)c1ccc2ccccc2c1. The summed E-state index contributed by atoms with van der Waals surface area (Å²) in [4.78, 5) is 16.5. The standard InChI is InChI=1S/C22H19N3O/c26-22(21-10-9-19-3-1-2-4-20(19)13-21)24-14-17-5-7-18(8-6-17)15-25-12-11-23-16-25/h1-13,16H,14-15H2,(H,24,26). The Balaban J connectivity index is 1.38. The number of benzene rings is 3. The second-order valence-corrected chi connectivity index (χ2v) is 6.30.